The third kappa shape index (κ3) is 5.61. The van der Waals surface area contributed by atoms with E-state index in [9.17, 15) is 4.79 Å². The van der Waals surface area contributed by atoms with Crippen molar-refractivity contribution in [2.24, 2.45) is 0 Å². The molecule has 2 N–H and O–H groups in total. The van der Waals surface area contributed by atoms with E-state index in [0.29, 0.717) is 23.0 Å². The SMILES string of the molecule is CN[C@@H](C)C(=O)Nc1ccc(-c2c(-c3cncc(OC)c3)nc3cc(C)ccn23)c(C#Cc2ccc3c(C)cccc3c2)n1. The van der Waals surface area contributed by atoms with Crippen LogP contribution in [0.1, 0.15) is 29.3 Å². The Hall–Kier alpha value is -5.52. The summed E-state index contributed by atoms with van der Waals surface area (Å²) in [7, 11) is 3.35. The van der Waals surface area contributed by atoms with Gasteiger partial charge in [-0.05, 0) is 98.1 Å². The Bertz CT molecular complexity index is 2100. The number of likely N-dealkylation sites (N-methyl/N-ethyl adjacent to an activating group) is 1. The molecule has 0 unspecified atom stereocenters. The number of carbonyl (C=O) groups excluding carboxylic acids is 1. The summed E-state index contributed by atoms with van der Waals surface area (Å²) in [5, 5.41) is 8.19. The Labute approximate surface area is 256 Å². The molecule has 0 aliphatic heterocycles. The molecular formula is C36H32N6O2. The number of aromatic nitrogens is 4. The Morgan fingerprint density at radius 3 is 2.66 bits per heavy atom. The predicted molar refractivity (Wildman–Crippen MR) is 175 cm³/mol. The number of nitrogens with zero attached hydrogens (tertiary/aromatic N) is 4. The van der Waals surface area contributed by atoms with Crippen LogP contribution in [0.2, 0.25) is 0 Å². The fourth-order valence-corrected chi connectivity index (χ4v) is 5.10. The van der Waals surface area contributed by atoms with Crippen molar-refractivity contribution < 1.29 is 9.53 Å². The van der Waals surface area contributed by atoms with Gasteiger partial charge in [-0.15, -0.1) is 0 Å². The van der Waals surface area contributed by atoms with Gasteiger partial charge in [0, 0.05) is 29.1 Å². The van der Waals surface area contributed by atoms with Crippen LogP contribution < -0.4 is 15.4 Å². The molecule has 0 saturated heterocycles. The average Bonchev–Trinajstić information content (AvgIpc) is 3.41. The summed E-state index contributed by atoms with van der Waals surface area (Å²) >= 11 is 0. The summed E-state index contributed by atoms with van der Waals surface area (Å²) in [6.07, 6.45) is 5.43. The molecule has 0 bridgehead atoms. The van der Waals surface area contributed by atoms with Crippen LogP contribution in [0.15, 0.2) is 85.3 Å². The Balaban J connectivity index is 1.56. The summed E-state index contributed by atoms with van der Waals surface area (Å²) in [4.78, 5) is 27.0. The molecule has 8 heteroatoms. The number of benzene rings is 2. The number of rotatable bonds is 6. The molecule has 1 atom stereocenters. The van der Waals surface area contributed by atoms with Gasteiger partial charge in [0.2, 0.25) is 5.91 Å². The van der Waals surface area contributed by atoms with E-state index in [-0.39, 0.29) is 11.9 Å². The molecule has 6 aromatic rings. The fraction of sp³-hybridized carbons (Fsp3) is 0.167. The summed E-state index contributed by atoms with van der Waals surface area (Å²) in [6, 6.07) is 21.8. The Morgan fingerprint density at radius 1 is 0.977 bits per heavy atom. The third-order valence-corrected chi connectivity index (χ3v) is 7.66. The van der Waals surface area contributed by atoms with Crippen LogP contribution >= 0.6 is 0 Å². The summed E-state index contributed by atoms with van der Waals surface area (Å²) in [5.41, 5.74) is 7.54. The molecule has 8 nitrogen and oxygen atoms in total. The standard InChI is InChI=1S/C36H32N6O2/c1-22-15-16-42-33(17-22)41-34(27-19-28(44-5)21-38-20-27)35(42)30-12-14-32(40-36(43)24(3)37-4)39-31(30)13-10-25-9-11-29-23(2)7-6-8-26(29)18-25/h6-9,11-12,14-21,24,37H,1-5H3,(H,39,40,43)/t24-/m0/s1. The largest absolute Gasteiger partial charge is 0.495 e. The van der Waals surface area contributed by atoms with Crippen LogP contribution in [0.25, 0.3) is 38.9 Å². The van der Waals surface area contributed by atoms with Gasteiger partial charge in [0.25, 0.3) is 0 Å². The maximum atomic E-state index is 12.7. The second kappa shape index (κ2) is 12.0. The zero-order chi connectivity index (χ0) is 30.8. The van der Waals surface area contributed by atoms with Crippen molar-refractivity contribution in [1.82, 2.24) is 24.7 Å². The van der Waals surface area contributed by atoms with E-state index in [1.165, 1.54) is 10.9 Å². The monoisotopic (exact) mass is 580 g/mol. The summed E-state index contributed by atoms with van der Waals surface area (Å²) in [6.45, 7) is 5.93. The fourth-order valence-electron chi connectivity index (χ4n) is 5.10. The molecule has 6 rings (SSSR count). The van der Waals surface area contributed by atoms with Crippen LogP contribution in [-0.4, -0.2) is 45.5 Å². The van der Waals surface area contributed by atoms with Gasteiger partial charge in [0.05, 0.1) is 30.7 Å². The minimum absolute atomic E-state index is 0.190. The zero-order valence-electron chi connectivity index (χ0n) is 25.3. The number of hydrogen-bond acceptors (Lipinski definition) is 6. The minimum atomic E-state index is -0.388. The van der Waals surface area contributed by atoms with Crippen LogP contribution in [0.5, 0.6) is 5.75 Å². The number of aryl methyl sites for hydroxylation is 2. The summed E-state index contributed by atoms with van der Waals surface area (Å²) < 4.78 is 7.50. The van der Waals surface area contributed by atoms with Gasteiger partial charge >= 0.3 is 0 Å². The first-order valence-corrected chi connectivity index (χ1v) is 14.3. The Kier molecular flexibility index (Phi) is 7.80. The molecule has 0 spiro atoms. The van der Waals surface area contributed by atoms with Crippen LogP contribution in [0.3, 0.4) is 0 Å². The number of hydrogen-bond donors (Lipinski definition) is 2. The van der Waals surface area contributed by atoms with E-state index in [1.807, 2.05) is 53.9 Å². The lowest BCUT2D eigenvalue weighted by atomic mass is 10.0. The number of methoxy groups -OCH3 is 1. The van der Waals surface area contributed by atoms with Crippen LogP contribution in [0, 0.1) is 25.7 Å². The molecular weight excluding hydrogens is 548 g/mol. The summed E-state index contributed by atoms with van der Waals surface area (Å²) in [5.74, 6) is 7.50. The number of nitrogens with one attached hydrogen (secondary N) is 2. The molecule has 4 heterocycles. The maximum Gasteiger partial charge on any atom is 0.242 e. The number of anilines is 1. The van der Waals surface area contributed by atoms with Gasteiger partial charge in [-0.2, -0.15) is 0 Å². The number of fused-ring (bicyclic) bond motifs is 2. The first-order chi connectivity index (χ1) is 21.3. The topological polar surface area (TPSA) is 93.4 Å². The highest BCUT2D eigenvalue weighted by Crippen LogP contribution is 2.36. The molecule has 4 aromatic heterocycles. The second-order valence-electron chi connectivity index (χ2n) is 10.7. The van der Waals surface area contributed by atoms with E-state index in [4.69, 9.17) is 14.7 Å². The number of pyridine rings is 3. The van der Waals surface area contributed by atoms with Crippen molar-refractivity contribution >= 4 is 28.1 Å². The molecule has 2 aromatic carbocycles. The molecule has 218 valence electrons. The predicted octanol–water partition coefficient (Wildman–Crippen LogP) is 6.18. The average molecular weight is 581 g/mol. The van der Waals surface area contributed by atoms with E-state index in [1.54, 1.807) is 39.5 Å². The van der Waals surface area contributed by atoms with Gasteiger partial charge in [0.1, 0.15) is 22.9 Å². The van der Waals surface area contributed by atoms with Crippen LogP contribution in [0.4, 0.5) is 5.82 Å². The van der Waals surface area contributed by atoms with Crippen LogP contribution in [-0.2, 0) is 4.79 Å². The quantitative estimate of drug-likeness (QED) is 0.229. The van der Waals surface area contributed by atoms with Gasteiger partial charge < -0.3 is 15.4 Å². The first kappa shape index (κ1) is 28.6. The van der Waals surface area contributed by atoms with E-state index in [0.717, 1.165) is 39.0 Å². The van der Waals surface area contributed by atoms with E-state index < -0.39 is 0 Å². The first-order valence-electron chi connectivity index (χ1n) is 14.3. The number of ether oxygens (including phenoxy) is 1. The normalized spacial score (nSPS) is 11.7. The maximum absolute atomic E-state index is 12.7. The van der Waals surface area contributed by atoms with Crippen molar-refractivity contribution in [2.45, 2.75) is 26.8 Å². The molecule has 0 radical (unpaired) electrons. The van der Waals surface area contributed by atoms with Gasteiger partial charge in [0.15, 0.2) is 0 Å². The van der Waals surface area contributed by atoms with Crippen molar-refractivity contribution in [2.75, 3.05) is 19.5 Å². The smallest absolute Gasteiger partial charge is 0.242 e. The van der Waals surface area contributed by atoms with Gasteiger partial charge in [-0.1, -0.05) is 30.2 Å². The lowest BCUT2D eigenvalue weighted by Crippen LogP contribution is -2.35. The molecule has 44 heavy (non-hydrogen) atoms. The molecule has 0 aliphatic rings. The lowest BCUT2D eigenvalue weighted by Gasteiger charge is -2.13. The van der Waals surface area contributed by atoms with E-state index in [2.05, 4.69) is 58.6 Å². The van der Waals surface area contributed by atoms with Gasteiger partial charge in [-0.3, -0.25) is 14.2 Å². The Morgan fingerprint density at radius 2 is 1.84 bits per heavy atom. The molecule has 0 aliphatic carbocycles. The van der Waals surface area contributed by atoms with Crippen molar-refractivity contribution in [1.29, 1.82) is 0 Å². The third-order valence-electron chi connectivity index (χ3n) is 7.66. The molecule has 0 saturated carbocycles. The lowest BCUT2D eigenvalue weighted by molar-refractivity contribution is -0.117. The minimum Gasteiger partial charge on any atom is -0.495 e. The highest BCUT2D eigenvalue weighted by atomic mass is 16.5. The highest BCUT2D eigenvalue weighted by Gasteiger charge is 2.21. The molecule has 1 amide bonds. The number of imidazole rings is 1. The highest BCUT2D eigenvalue weighted by molar-refractivity contribution is 5.94. The number of carbonyl (C=O) groups is 1. The van der Waals surface area contributed by atoms with Crippen molar-refractivity contribution in [3.8, 4) is 40.1 Å². The molecule has 0 fully saturated rings. The van der Waals surface area contributed by atoms with Gasteiger partial charge in [-0.25, -0.2) is 9.97 Å². The second-order valence-corrected chi connectivity index (χ2v) is 10.7. The zero-order valence-corrected chi connectivity index (χ0v) is 25.3. The van der Waals surface area contributed by atoms with Crippen molar-refractivity contribution in [3.63, 3.8) is 0 Å². The van der Waals surface area contributed by atoms with E-state index >= 15 is 0 Å². The van der Waals surface area contributed by atoms with Crippen molar-refractivity contribution in [3.05, 3.63) is 108 Å². The number of amides is 1.